The molecule has 1 aromatic carbocycles. The molecule has 146 valence electrons. The van der Waals surface area contributed by atoms with Crippen LogP contribution in [-0.4, -0.2) is 36.8 Å². The summed E-state index contributed by atoms with van der Waals surface area (Å²) in [7, 11) is -4.24. The van der Waals surface area contributed by atoms with Gasteiger partial charge in [0, 0.05) is 35.2 Å². The van der Waals surface area contributed by atoms with E-state index in [-0.39, 0.29) is 77.0 Å². The second-order valence-electron chi connectivity index (χ2n) is 5.79. The minimum atomic E-state index is -4.24. The fourth-order valence-corrected chi connectivity index (χ4v) is 3.10. The SMILES string of the molecule is CCCN(CCCS(=O)(=O)[O-])c1ccc(N=Nc2ccc(Br)cn2)c([O-])c1.[Na+].[Na+]. The number of benzene rings is 1. The number of halogens is 1. The van der Waals surface area contributed by atoms with Crippen LogP contribution >= 0.6 is 15.9 Å². The third-order valence-electron chi connectivity index (χ3n) is 3.60. The van der Waals surface area contributed by atoms with Crippen molar-refractivity contribution in [3.8, 4) is 5.75 Å². The van der Waals surface area contributed by atoms with Crippen LogP contribution < -0.4 is 69.1 Å². The molecule has 0 amide bonds. The summed E-state index contributed by atoms with van der Waals surface area (Å²) >= 11 is 3.28. The number of hydrogen-bond acceptors (Lipinski definition) is 8. The van der Waals surface area contributed by atoms with Gasteiger partial charge < -0.3 is 14.6 Å². The van der Waals surface area contributed by atoms with Gasteiger partial charge in [-0.25, -0.2) is 13.4 Å². The first-order valence-corrected chi connectivity index (χ1v) is 10.7. The fourth-order valence-electron chi connectivity index (χ4n) is 2.39. The van der Waals surface area contributed by atoms with E-state index in [1.165, 1.54) is 6.07 Å². The van der Waals surface area contributed by atoms with Gasteiger partial charge in [0.15, 0.2) is 5.82 Å². The molecule has 0 aliphatic rings. The Morgan fingerprint density at radius 3 is 2.41 bits per heavy atom. The van der Waals surface area contributed by atoms with Gasteiger partial charge in [-0.15, -0.1) is 10.2 Å². The van der Waals surface area contributed by atoms with E-state index in [9.17, 15) is 18.1 Å². The quantitative estimate of drug-likeness (QED) is 0.213. The minimum Gasteiger partial charge on any atom is -0.871 e. The molecule has 0 atom stereocenters. The number of azo groups is 1. The summed E-state index contributed by atoms with van der Waals surface area (Å²) in [5, 5.41) is 20.2. The van der Waals surface area contributed by atoms with E-state index in [1.54, 1.807) is 30.5 Å². The van der Waals surface area contributed by atoms with Crippen molar-refractivity contribution in [3.63, 3.8) is 0 Å². The number of rotatable bonds is 9. The van der Waals surface area contributed by atoms with E-state index in [1.807, 2.05) is 11.8 Å². The van der Waals surface area contributed by atoms with Gasteiger partial charge in [0.2, 0.25) is 0 Å². The molecule has 2 rings (SSSR count). The average Bonchev–Trinajstić information content (AvgIpc) is 2.60. The Bertz CT molecular complexity index is 899. The maximum Gasteiger partial charge on any atom is 1.00 e. The van der Waals surface area contributed by atoms with Crippen LogP contribution in [0.2, 0.25) is 0 Å². The first kappa shape index (κ1) is 29.0. The van der Waals surface area contributed by atoms with Gasteiger partial charge in [-0.2, -0.15) is 0 Å². The second-order valence-corrected chi connectivity index (χ2v) is 8.23. The van der Waals surface area contributed by atoms with Crippen LogP contribution in [0.3, 0.4) is 0 Å². The van der Waals surface area contributed by atoms with Crippen LogP contribution in [0.15, 0.2) is 51.2 Å². The molecule has 2 aromatic rings. The summed E-state index contributed by atoms with van der Waals surface area (Å²) in [6.45, 7) is 2.99. The Kier molecular flexibility index (Phi) is 14.1. The molecule has 0 bridgehead atoms. The van der Waals surface area contributed by atoms with E-state index >= 15 is 0 Å². The molecular formula is C17H19BrN4Na2O4S. The van der Waals surface area contributed by atoms with Crippen molar-refractivity contribution in [2.24, 2.45) is 10.2 Å². The number of anilines is 1. The molecule has 0 aliphatic carbocycles. The summed E-state index contributed by atoms with van der Waals surface area (Å²) in [6.07, 6.45) is 2.60. The Balaban J connectivity index is 0.00000392. The summed E-state index contributed by atoms with van der Waals surface area (Å²) in [5.74, 6) is -0.344. The van der Waals surface area contributed by atoms with Crippen molar-refractivity contribution < 1.29 is 77.2 Å². The van der Waals surface area contributed by atoms with Crippen molar-refractivity contribution in [2.75, 3.05) is 23.7 Å². The number of pyridine rings is 1. The van der Waals surface area contributed by atoms with Gasteiger partial charge in [0.05, 0.1) is 15.8 Å². The summed E-state index contributed by atoms with van der Waals surface area (Å²) in [5.41, 5.74) is 0.841. The fraction of sp³-hybridized carbons (Fsp3) is 0.353. The molecule has 0 saturated carbocycles. The zero-order valence-corrected chi connectivity index (χ0v) is 23.1. The molecule has 0 saturated heterocycles. The monoisotopic (exact) mass is 500 g/mol. The van der Waals surface area contributed by atoms with Crippen LogP contribution in [0.1, 0.15) is 19.8 Å². The summed E-state index contributed by atoms with van der Waals surface area (Å²) in [6, 6.07) is 8.16. The molecule has 0 radical (unpaired) electrons. The van der Waals surface area contributed by atoms with Gasteiger partial charge in [-0.1, -0.05) is 12.7 Å². The number of aromatic nitrogens is 1. The molecule has 0 fully saturated rings. The van der Waals surface area contributed by atoms with Crippen LogP contribution in [-0.2, 0) is 10.1 Å². The molecule has 0 spiro atoms. The Morgan fingerprint density at radius 2 is 1.86 bits per heavy atom. The van der Waals surface area contributed by atoms with E-state index in [2.05, 4.69) is 31.1 Å². The molecule has 1 aromatic heterocycles. The maximum atomic E-state index is 12.3. The average molecular weight is 501 g/mol. The van der Waals surface area contributed by atoms with Gasteiger partial charge >= 0.3 is 59.1 Å². The standard InChI is InChI=1S/C17H21BrN4O4S.2Na/c1-2-8-22(9-3-10-27(24,25)26)14-5-6-15(16(23)11-14)20-21-17-7-4-13(18)12-19-17;;/h4-7,11-12,23H,2-3,8-10H2,1H3,(H,24,25,26);;/q;2*+1/p-2. The second kappa shape index (κ2) is 14.1. The van der Waals surface area contributed by atoms with Crippen molar-refractivity contribution in [1.82, 2.24) is 4.98 Å². The summed E-state index contributed by atoms with van der Waals surface area (Å²) < 4.78 is 33.1. The first-order chi connectivity index (χ1) is 12.8. The molecule has 0 aliphatic heterocycles. The van der Waals surface area contributed by atoms with E-state index < -0.39 is 15.9 Å². The van der Waals surface area contributed by atoms with E-state index in [0.29, 0.717) is 24.6 Å². The zero-order chi connectivity index (χ0) is 19.9. The first-order valence-electron chi connectivity index (χ1n) is 8.31. The normalized spacial score (nSPS) is 11.0. The largest absolute Gasteiger partial charge is 1.00 e. The summed E-state index contributed by atoms with van der Waals surface area (Å²) in [4.78, 5) is 5.93. The number of nitrogens with zero attached hydrogens (tertiary/aromatic N) is 4. The molecule has 29 heavy (non-hydrogen) atoms. The zero-order valence-electron chi connectivity index (χ0n) is 16.7. The minimum absolute atomic E-state index is 0. The van der Waals surface area contributed by atoms with Gasteiger partial charge in [-0.3, -0.25) is 0 Å². The molecule has 0 unspecified atom stereocenters. The molecular weight excluding hydrogens is 482 g/mol. The van der Waals surface area contributed by atoms with Crippen molar-refractivity contribution in [2.45, 2.75) is 19.8 Å². The van der Waals surface area contributed by atoms with Gasteiger partial charge in [0.1, 0.15) is 0 Å². The topological polar surface area (TPSA) is 121 Å². The Morgan fingerprint density at radius 1 is 1.14 bits per heavy atom. The van der Waals surface area contributed by atoms with Crippen LogP contribution in [0, 0.1) is 0 Å². The Hall–Kier alpha value is -0.0400. The Labute approximate surface area is 223 Å². The van der Waals surface area contributed by atoms with Gasteiger partial charge in [-0.05, 0) is 59.1 Å². The van der Waals surface area contributed by atoms with Gasteiger partial charge in [0.25, 0.3) is 0 Å². The van der Waals surface area contributed by atoms with Crippen molar-refractivity contribution >= 4 is 43.2 Å². The van der Waals surface area contributed by atoms with E-state index in [4.69, 9.17) is 0 Å². The smallest absolute Gasteiger partial charge is 0.871 e. The maximum absolute atomic E-state index is 12.3. The van der Waals surface area contributed by atoms with Crippen molar-refractivity contribution in [1.29, 1.82) is 0 Å². The van der Waals surface area contributed by atoms with E-state index in [0.717, 1.165) is 10.9 Å². The van der Waals surface area contributed by atoms with Crippen molar-refractivity contribution in [3.05, 3.63) is 41.0 Å². The van der Waals surface area contributed by atoms with Crippen LogP contribution in [0.4, 0.5) is 17.2 Å². The third kappa shape index (κ3) is 10.7. The predicted molar refractivity (Wildman–Crippen MR) is 104 cm³/mol. The molecule has 8 nitrogen and oxygen atoms in total. The molecule has 1 heterocycles. The van der Waals surface area contributed by atoms with Crippen LogP contribution in [0.5, 0.6) is 5.75 Å². The predicted octanol–water partition coefficient (Wildman–Crippen LogP) is -2.51. The molecule has 0 N–H and O–H groups in total. The third-order valence-corrected chi connectivity index (χ3v) is 4.85. The number of hydrogen-bond donors (Lipinski definition) is 0. The van der Waals surface area contributed by atoms with Crippen LogP contribution in [0.25, 0.3) is 0 Å². The molecule has 12 heteroatoms.